The minimum Gasteiger partial charge on any atom is -0.455 e. The Kier molecular flexibility index (Phi) is 7.04. The van der Waals surface area contributed by atoms with E-state index >= 15 is 0 Å². The van der Waals surface area contributed by atoms with E-state index in [2.05, 4.69) is 90.7 Å². The van der Waals surface area contributed by atoms with Crippen LogP contribution in [-0.4, -0.2) is 9.72 Å². The second-order valence-corrected chi connectivity index (χ2v) is 15.0. The van der Waals surface area contributed by atoms with E-state index < -0.39 is 7.28 Å². The maximum Gasteiger partial charge on any atom is 0.173 e. The summed E-state index contributed by atoms with van der Waals surface area (Å²) >= 11 is 10.2. The number of para-hydroxylation sites is 1. The SMILES string of the molecule is CCn1c2ccccc2c2cc(P(=Nc3ccc(C)c(Cl)c3)(Oc3cccc(Br)c3)C(C)(C)C)ccc21. The van der Waals surface area contributed by atoms with Crippen molar-refractivity contribution < 1.29 is 4.52 Å². The summed E-state index contributed by atoms with van der Waals surface area (Å²) in [6.45, 7) is 11.8. The number of halogens is 2. The first-order valence-electron chi connectivity index (χ1n) is 12.5. The van der Waals surface area contributed by atoms with E-state index in [0.29, 0.717) is 5.02 Å². The summed E-state index contributed by atoms with van der Waals surface area (Å²) in [6, 6.07) is 29.4. The van der Waals surface area contributed by atoms with Crippen LogP contribution in [0.5, 0.6) is 5.75 Å². The van der Waals surface area contributed by atoms with E-state index in [1.165, 1.54) is 21.8 Å². The van der Waals surface area contributed by atoms with Gasteiger partial charge in [-0.15, -0.1) is 0 Å². The van der Waals surface area contributed by atoms with Crippen LogP contribution in [0.3, 0.4) is 0 Å². The molecule has 0 saturated carbocycles. The smallest absolute Gasteiger partial charge is 0.173 e. The molecule has 0 amide bonds. The quantitative estimate of drug-likeness (QED) is 0.186. The van der Waals surface area contributed by atoms with E-state index in [-0.39, 0.29) is 5.16 Å². The zero-order valence-electron chi connectivity index (χ0n) is 21.8. The number of benzene rings is 4. The number of hydrogen-bond donors (Lipinski definition) is 0. The molecule has 1 aromatic heterocycles. The number of aromatic nitrogens is 1. The van der Waals surface area contributed by atoms with Crippen LogP contribution >= 0.6 is 34.8 Å². The highest BCUT2D eigenvalue weighted by molar-refractivity contribution is 9.10. The highest BCUT2D eigenvalue weighted by Crippen LogP contribution is 2.62. The van der Waals surface area contributed by atoms with Crippen molar-refractivity contribution in [3.8, 4) is 5.75 Å². The third-order valence-corrected chi connectivity index (χ3v) is 11.5. The van der Waals surface area contributed by atoms with E-state index in [4.69, 9.17) is 20.9 Å². The molecule has 0 aliphatic rings. The number of fused-ring (bicyclic) bond motifs is 3. The fraction of sp³-hybridized carbons (Fsp3) is 0.226. The molecule has 1 unspecified atom stereocenters. The molecule has 0 bridgehead atoms. The largest absolute Gasteiger partial charge is 0.455 e. The van der Waals surface area contributed by atoms with Crippen LogP contribution in [0.2, 0.25) is 5.02 Å². The van der Waals surface area contributed by atoms with Crippen molar-refractivity contribution >= 4 is 67.6 Å². The number of rotatable bonds is 5. The molecule has 37 heavy (non-hydrogen) atoms. The molecule has 0 radical (unpaired) electrons. The summed E-state index contributed by atoms with van der Waals surface area (Å²) in [6.07, 6.45) is 0. The standard InChI is InChI=1S/C31H31BrClN2OP/c1-6-35-29-13-8-7-12-26(29)27-20-25(16-17-30(27)35)37(31(3,4)5,36-24-11-9-10-22(32)18-24)34-23-15-14-21(2)28(33)19-23/h7-20H,6H2,1-5H3. The molecule has 3 nitrogen and oxygen atoms in total. The molecule has 190 valence electrons. The van der Waals surface area contributed by atoms with Gasteiger partial charge in [0.1, 0.15) is 5.75 Å². The third kappa shape index (κ3) is 4.76. The van der Waals surface area contributed by atoms with Crippen LogP contribution in [0.15, 0.2) is 94.1 Å². The van der Waals surface area contributed by atoms with Crippen LogP contribution in [0.1, 0.15) is 33.3 Å². The Bertz CT molecular complexity index is 1680. The van der Waals surface area contributed by atoms with Gasteiger partial charge in [0, 0.05) is 48.3 Å². The lowest BCUT2D eigenvalue weighted by Gasteiger charge is -2.37. The number of nitrogens with zero attached hydrogens (tertiary/aromatic N) is 2. The Morgan fingerprint density at radius 1 is 0.892 bits per heavy atom. The fourth-order valence-electron chi connectivity index (χ4n) is 4.86. The molecule has 0 N–H and O–H groups in total. The van der Waals surface area contributed by atoms with E-state index in [1.807, 2.05) is 49.4 Å². The molecule has 0 fully saturated rings. The van der Waals surface area contributed by atoms with Crippen molar-refractivity contribution in [2.24, 2.45) is 4.74 Å². The van der Waals surface area contributed by atoms with Crippen LogP contribution < -0.4 is 9.83 Å². The predicted molar refractivity (Wildman–Crippen MR) is 164 cm³/mol. The third-order valence-electron chi connectivity index (χ3n) is 6.78. The monoisotopic (exact) mass is 592 g/mol. The van der Waals surface area contributed by atoms with Crippen LogP contribution in [-0.2, 0) is 6.54 Å². The summed E-state index contributed by atoms with van der Waals surface area (Å²) in [5, 5.41) is 3.97. The molecular weight excluding hydrogens is 563 g/mol. The molecule has 0 aliphatic carbocycles. The lowest BCUT2D eigenvalue weighted by molar-refractivity contribution is 0.571. The van der Waals surface area contributed by atoms with Crippen molar-refractivity contribution in [2.75, 3.05) is 0 Å². The second kappa shape index (κ2) is 9.98. The topological polar surface area (TPSA) is 26.5 Å². The normalized spacial score (nSPS) is 13.6. The molecular formula is C31H31BrClN2OP. The Morgan fingerprint density at radius 2 is 1.65 bits per heavy atom. The predicted octanol–water partition coefficient (Wildman–Crippen LogP) is 10.5. The van der Waals surface area contributed by atoms with Gasteiger partial charge in [0.05, 0.1) is 5.69 Å². The zero-order chi connectivity index (χ0) is 26.4. The van der Waals surface area contributed by atoms with Gasteiger partial charge < -0.3 is 9.09 Å². The lowest BCUT2D eigenvalue weighted by atomic mass is 10.1. The molecule has 0 spiro atoms. The zero-order valence-corrected chi connectivity index (χ0v) is 25.0. The van der Waals surface area contributed by atoms with Crippen LogP contribution in [0.4, 0.5) is 5.69 Å². The molecule has 1 heterocycles. The average molecular weight is 594 g/mol. The lowest BCUT2D eigenvalue weighted by Crippen LogP contribution is -2.27. The number of aryl methyl sites for hydroxylation is 2. The summed E-state index contributed by atoms with van der Waals surface area (Å²) in [7, 11) is -2.68. The van der Waals surface area contributed by atoms with Crippen LogP contribution in [0.25, 0.3) is 21.8 Å². The Hall–Kier alpha value is -2.52. The molecule has 0 aliphatic heterocycles. The van der Waals surface area contributed by atoms with Crippen molar-refractivity contribution in [3.05, 3.63) is 100.0 Å². The van der Waals surface area contributed by atoms with Gasteiger partial charge in [0.2, 0.25) is 0 Å². The van der Waals surface area contributed by atoms with Gasteiger partial charge in [-0.05, 0) is 74.0 Å². The minimum absolute atomic E-state index is 0.302. The minimum atomic E-state index is -2.68. The van der Waals surface area contributed by atoms with Crippen molar-refractivity contribution in [3.63, 3.8) is 0 Å². The van der Waals surface area contributed by atoms with Gasteiger partial charge in [-0.2, -0.15) is 0 Å². The van der Waals surface area contributed by atoms with Crippen molar-refractivity contribution in [2.45, 2.75) is 46.3 Å². The summed E-state index contributed by atoms with van der Waals surface area (Å²) in [4.78, 5) is 0. The Labute approximate surface area is 232 Å². The maximum absolute atomic E-state index is 7.07. The molecule has 5 aromatic rings. The molecule has 6 heteroatoms. The molecule has 5 rings (SSSR count). The fourth-order valence-corrected chi connectivity index (χ4v) is 8.47. The van der Waals surface area contributed by atoms with E-state index in [1.54, 1.807) is 0 Å². The molecule has 4 aromatic carbocycles. The summed E-state index contributed by atoms with van der Waals surface area (Å²) in [5.41, 5.74) is 4.32. The van der Waals surface area contributed by atoms with Gasteiger partial charge in [0.15, 0.2) is 7.28 Å². The summed E-state index contributed by atoms with van der Waals surface area (Å²) in [5.74, 6) is 0.788. The molecule has 0 saturated heterocycles. The van der Waals surface area contributed by atoms with E-state index in [9.17, 15) is 0 Å². The Balaban J connectivity index is 1.86. The second-order valence-electron chi connectivity index (χ2n) is 10.3. The first-order chi connectivity index (χ1) is 17.6. The van der Waals surface area contributed by atoms with Gasteiger partial charge in [-0.3, -0.25) is 0 Å². The van der Waals surface area contributed by atoms with Gasteiger partial charge in [-0.25, -0.2) is 4.74 Å². The highest BCUT2D eigenvalue weighted by Gasteiger charge is 2.39. The van der Waals surface area contributed by atoms with Crippen LogP contribution in [0, 0.1) is 6.92 Å². The van der Waals surface area contributed by atoms with Gasteiger partial charge in [0.25, 0.3) is 0 Å². The Morgan fingerprint density at radius 3 is 2.35 bits per heavy atom. The summed E-state index contributed by atoms with van der Waals surface area (Å²) < 4.78 is 15.9. The van der Waals surface area contributed by atoms with E-state index in [0.717, 1.165) is 33.3 Å². The first-order valence-corrected chi connectivity index (χ1v) is 15.3. The highest BCUT2D eigenvalue weighted by atomic mass is 79.9. The molecule has 1 atom stereocenters. The maximum atomic E-state index is 7.07. The average Bonchev–Trinajstić information content (AvgIpc) is 3.18. The first kappa shape index (κ1) is 26.1. The number of hydrogen-bond acceptors (Lipinski definition) is 2. The van der Waals surface area contributed by atoms with Crippen molar-refractivity contribution in [1.82, 2.24) is 4.57 Å². The van der Waals surface area contributed by atoms with Crippen molar-refractivity contribution in [1.29, 1.82) is 0 Å². The van der Waals surface area contributed by atoms with Gasteiger partial charge in [-0.1, -0.05) is 78.6 Å². The van der Waals surface area contributed by atoms with Gasteiger partial charge >= 0.3 is 0 Å².